The molecule has 0 saturated heterocycles. The Morgan fingerprint density at radius 1 is 1.35 bits per heavy atom. The lowest BCUT2D eigenvalue weighted by molar-refractivity contribution is -0.117. The zero-order chi connectivity index (χ0) is 13.4. The van der Waals surface area contributed by atoms with Gasteiger partial charge in [0.2, 0.25) is 5.91 Å². The number of hydrogen-bond acceptors (Lipinski definition) is 2. The first-order chi connectivity index (χ1) is 7.64. The van der Waals surface area contributed by atoms with E-state index in [1.54, 1.807) is 0 Å². The lowest BCUT2D eigenvalue weighted by Gasteiger charge is -2.24. The standard InChI is InChI=1S/C14H21NO2/c1-8-6-11(14(3,4)5)13(17)9(2)10(8)7-12(15)16/h6,17H,7H2,1-5H3,(H2,15,16). The van der Waals surface area contributed by atoms with E-state index in [2.05, 4.69) is 20.8 Å². The number of rotatable bonds is 2. The topological polar surface area (TPSA) is 63.3 Å². The minimum absolute atomic E-state index is 0.120. The molecule has 0 unspecified atom stereocenters. The number of carbonyl (C=O) groups is 1. The summed E-state index contributed by atoms with van der Waals surface area (Å²) in [6.45, 7) is 9.92. The van der Waals surface area contributed by atoms with Crippen LogP contribution >= 0.6 is 0 Å². The number of amides is 1. The number of aryl methyl sites for hydroxylation is 1. The predicted octanol–water partition coefficient (Wildman–Crippen LogP) is 2.33. The van der Waals surface area contributed by atoms with Gasteiger partial charge in [-0.15, -0.1) is 0 Å². The van der Waals surface area contributed by atoms with Crippen molar-refractivity contribution < 1.29 is 9.90 Å². The molecule has 3 heteroatoms. The van der Waals surface area contributed by atoms with Gasteiger partial charge in [0.1, 0.15) is 5.75 Å². The molecule has 0 aromatic heterocycles. The minimum atomic E-state index is -0.376. The van der Waals surface area contributed by atoms with Gasteiger partial charge in [-0.05, 0) is 41.5 Å². The molecule has 1 aromatic carbocycles. The third-order valence-corrected chi connectivity index (χ3v) is 3.06. The van der Waals surface area contributed by atoms with Crippen molar-refractivity contribution in [2.24, 2.45) is 5.73 Å². The average molecular weight is 235 g/mol. The second kappa shape index (κ2) is 4.40. The Bertz CT molecular complexity index is 456. The van der Waals surface area contributed by atoms with E-state index in [9.17, 15) is 9.90 Å². The van der Waals surface area contributed by atoms with Gasteiger partial charge >= 0.3 is 0 Å². The van der Waals surface area contributed by atoms with E-state index >= 15 is 0 Å². The van der Waals surface area contributed by atoms with Crippen LogP contribution in [0.3, 0.4) is 0 Å². The summed E-state index contributed by atoms with van der Waals surface area (Å²) >= 11 is 0. The summed E-state index contributed by atoms with van der Waals surface area (Å²) in [5.41, 5.74) is 8.60. The van der Waals surface area contributed by atoms with Crippen molar-refractivity contribution in [1.82, 2.24) is 0 Å². The Kier molecular flexibility index (Phi) is 3.51. The van der Waals surface area contributed by atoms with E-state index in [4.69, 9.17) is 5.73 Å². The van der Waals surface area contributed by atoms with Crippen LogP contribution in [-0.2, 0) is 16.6 Å². The molecule has 0 radical (unpaired) electrons. The maximum atomic E-state index is 11.0. The fraction of sp³-hybridized carbons (Fsp3) is 0.500. The highest BCUT2D eigenvalue weighted by atomic mass is 16.3. The van der Waals surface area contributed by atoms with E-state index < -0.39 is 0 Å². The summed E-state index contributed by atoms with van der Waals surface area (Å²) in [4.78, 5) is 11.0. The van der Waals surface area contributed by atoms with Gasteiger partial charge in [-0.1, -0.05) is 26.8 Å². The minimum Gasteiger partial charge on any atom is -0.507 e. The molecule has 3 N–H and O–H groups in total. The van der Waals surface area contributed by atoms with Crippen LogP contribution < -0.4 is 5.73 Å². The molecule has 0 aliphatic heterocycles. The highest BCUT2D eigenvalue weighted by Crippen LogP contribution is 2.36. The Labute approximate surface area is 103 Å². The van der Waals surface area contributed by atoms with E-state index in [0.717, 1.165) is 22.3 Å². The SMILES string of the molecule is Cc1cc(C(C)(C)C)c(O)c(C)c1CC(N)=O. The van der Waals surface area contributed by atoms with Gasteiger partial charge in [0.05, 0.1) is 6.42 Å². The van der Waals surface area contributed by atoms with Crippen LogP contribution in [0.4, 0.5) is 0 Å². The van der Waals surface area contributed by atoms with Gasteiger partial charge in [0, 0.05) is 0 Å². The zero-order valence-corrected chi connectivity index (χ0v) is 11.2. The maximum absolute atomic E-state index is 11.0. The van der Waals surface area contributed by atoms with Crippen molar-refractivity contribution in [3.63, 3.8) is 0 Å². The molecule has 0 aliphatic carbocycles. The van der Waals surface area contributed by atoms with Crippen molar-refractivity contribution in [2.75, 3.05) is 0 Å². The largest absolute Gasteiger partial charge is 0.507 e. The quantitative estimate of drug-likeness (QED) is 0.826. The Balaban J connectivity index is 3.42. The molecule has 94 valence electrons. The highest BCUT2D eigenvalue weighted by molar-refractivity contribution is 5.78. The van der Waals surface area contributed by atoms with Gasteiger partial charge in [-0.3, -0.25) is 4.79 Å². The Hall–Kier alpha value is -1.51. The number of primary amides is 1. The molecule has 0 atom stereocenters. The number of phenolic OH excluding ortho intramolecular Hbond substituents is 1. The first-order valence-corrected chi connectivity index (χ1v) is 5.75. The third-order valence-electron chi connectivity index (χ3n) is 3.06. The molecule has 1 rings (SSSR count). The summed E-state index contributed by atoms with van der Waals surface area (Å²) < 4.78 is 0. The van der Waals surface area contributed by atoms with Gasteiger partial charge in [-0.25, -0.2) is 0 Å². The summed E-state index contributed by atoms with van der Waals surface area (Å²) in [5, 5.41) is 10.2. The van der Waals surface area contributed by atoms with Crippen molar-refractivity contribution >= 4 is 5.91 Å². The van der Waals surface area contributed by atoms with Crippen LogP contribution in [0.2, 0.25) is 0 Å². The molecule has 0 bridgehead atoms. The monoisotopic (exact) mass is 235 g/mol. The van der Waals surface area contributed by atoms with Gasteiger partial charge in [0.15, 0.2) is 0 Å². The van der Waals surface area contributed by atoms with Gasteiger partial charge < -0.3 is 10.8 Å². The Morgan fingerprint density at radius 2 is 1.88 bits per heavy atom. The molecule has 17 heavy (non-hydrogen) atoms. The molecule has 0 saturated carbocycles. The Morgan fingerprint density at radius 3 is 2.29 bits per heavy atom. The number of benzene rings is 1. The molecular weight excluding hydrogens is 214 g/mol. The lowest BCUT2D eigenvalue weighted by Crippen LogP contribution is -2.17. The van der Waals surface area contributed by atoms with Crippen molar-refractivity contribution in [3.8, 4) is 5.75 Å². The molecule has 1 amide bonds. The van der Waals surface area contributed by atoms with Gasteiger partial charge in [0.25, 0.3) is 0 Å². The average Bonchev–Trinajstić information content (AvgIpc) is 2.16. The molecule has 0 aliphatic rings. The van der Waals surface area contributed by atoms with E-state index in [-0.39, 0.29) is 23.5 Å². The molecule has 1 aromatic rings. The molecule has 0 heterocycles. The van der Waals surface area contributed by atoms with Crippen LogP contribution in [0.25, 0.3) is 0 Å². The molecule has 0 spiro atoms. The lowest BCUT2D eigenvalue weighted by atomic mass is 9.82. The smallest absolute Gasteiger partial charge is 0.221 e. The summed E-state index contributed by atoms with van der Waals surface area (Å²) in [6, 6.07) is 1.95. The number of nitrogens with two attached hydrogens (primary N) is 1. The summed E-state index contributed by atoms with van der Waals surface area (Å²) in [7, 11) is 0. The normalized spacial score (nSPS) is 11.6. The fourth-order valence-electron chi connectivity index (χ4n) is 2.03. The second-order valence-electron chi connectivity index (χ2n) is 5.59. The van der Waals surface area contributed by atoms with Crippen LogP contribution in [0.15, 0.2) is 6.07 Å². The number of aromatic hydroxyl groups is 1. The summed E-state index contributed by atoms with van der Waals surface area (Å²) in [5.74, 6) is -0.0986. The number of phenols is 1. The second-order valence-corrected chi connectivity index (χ2v) is 5.59. The van der Waals surface area contributed by atoms with Gasteiger partial charge in [-0.2, -0.15) is 0 Å². The molecule has 0 fully saturated rings. The predicted molar refractivity (Wildman–Crippen MR) is 69.2 cm³/mol. The summed E-state index contributed by atoms with van der Waals surface area (Å²) in [6.07, 6.45) is 0.176. The third kappa shape index (κ3) is 2.78. The molecular formula is C14H21NO2. The number of carbonyl (C=O) groups excluding carboxylic acids is 1. The first-order valence-electron chi connectivity index (χ1n) is 5.75. The molecule has 3 nitrogen and oxygen atoms in total. The van der Waals surface area contributed by atoms with Crippen molar-refractivity contribution in [2.45, 2.75) is 46.5 Å². The van der Waals surface area contributed by atoms with E-state index in [1.165, 1.54) is 0 Å². The highest BCUT2D eigenvalue weighted by Gasteiger charge is 2.22. The van der Waals surface area contributed by atoms with E-state index in [0.29, 0.717) is 0 Å². The van der Waals surface area contributed by atoms with Crippen LogP contribution in [-0.4, -0.2) is 11.0 Å². The van der Waals surface area contributed by atoms with Crippen LogP contribution in [0, 0.1) is 13.8 Å². The first kappa shape index (κ1) is 13.6. The van der Waals surface area contributed by atoms with Crippen LogP contribution in [0.5, 0.6) is 5.75 Å². The van der Waals surface area contributed by atoms with Crippen molar-refractivity contribution in [3.05, 3.63) is 28.3 Å². The maximum Gasteiger partial charge on any atom is 0.221 e. The fourth-order valence-corrected chi connectivity index (χ4v) is 2.03. The zero-order valence-electron chi connectivity index (χ0n) is 11.2. The van der Waals surface area contributed by atoms with Crippen molar-refractivity contribution in [1.29, 1.82) is 0 Å². The van der Waals surface area contributed by atoms with Crippen LogP contribution in [0.1, 0.15) is 43.0 Å². The number of hydrogen-bond donors (Lipinski definition) is 2. The van der Waals surface area contributed by atoms with E-state index in [1.807, 2.05) is 19.9 Å².